The number of carbonyl (C=O) groups is 2. The van der Waals surface area contributed by atoms with Crippen LogP contribution in [0.3, 0.4) is 0 Å². The van der Waals surface area contributed by atoms with Crippen molar-refractivity contribution in [2.45, 2.75) is 25.8 Å². The van der Waals surface area contributed by atoms with Crippen LogP contribution in [-0.4, -0.2) is 16.9 Å². The number of carbonyl (C=O) groups excluding carboxylic acids is 2. The second kappa shape index (κ2) is 7.53. The van der Waals surface area contributed by atoms with Crippen molar-refractivity contribution in [3.63, 3.8) is 0 Å². The Hall–Kier alpha value is -2.93. The number of nitrogens with zero attached hydrogens (tertiary/aromatic N) is 1. The van der Waals surface area contributed by atoms with Crippen LogP contribution in [0.2, 0.25) is 0 Å². The summed E-state index contributed by atoms with van der Waals surface area (Å²) >= 11 is 1.61. The van der Waals surface area contributed by atoms with Crippen molar-refractivity contribution in [2.75, 3.05) is 5.32 Å². The number of primary amides is 1. The fraction of sp³-hybridized carbons (Fsp3) is 0.211. The SMILES string of the molecule is CC(C)c1nc2ccc(NC(=O)NC(C(N)=O)c3ccccc3)cc2s1. The number of benzene rings is 2. The first kappa shape index (κ1) is 17.9. The summed E-state index contributed by atoms with van der Waals surface area (Å²) in [5.41, 5.74) is 7.60. The Balaban J connectivity index is 1.74. The predicted molar refractivity (Wildman–Crippen MR) is 104 cm³/mol. The van der Waals surface area contributed by atoms with Crippen molar-refractivity contribution in [2.24, 2.45) is 5.73 Å². The molecular formula is C19H20N4O2S. The molecule has 26 heavy (non-hydrogen) atoms. The van der Waals surface area contributed by atoms with E-state index in [1.807, 2.05) is 18.2 Å². The third kappa shape index (κ3) is 4.00. The van der Waals surface area contributed by atoms with Crippen LogP contribution in [0.1, 0.15) is 36.4 Å². The number of hydrogen-bond acceptors (Lipinski definition) is 4. The smallest absolute Gasteiger partial charge is 0.320 e. The van der Waals surface area contributed by atoms with Gasteiger partial charge in [0.1, 0.15) is 6.04 Å². The highest BCUT2D eigenvalue weighted by molar-refractivity contribution is 7.18. The second-order valence-corrected chi connectivity index (χ2v) is 7.30. The standard InChI is InChI=1S/C19H20N4O2S/c1-11(2)18-22-14-9-8-13(10-15(14)26-18)21-19(25)23-16(17(20)24)12-6-4-3-5-7-12/h3-11,16H,1-2H3,(H2,20,24)(H2,21,23,25). The van der Waals surface area contributed by atoms with Crippen LogP contribution in [0.4, 0.5) is 10.5 Å². The monoisotopic (exact) mass is 368 g/mol. The van der Waals surface area contributed by atoms with E-state index in [0.29, 0.717) is 17.2 Å². The summed E-state index contributed by atoms with van der Waals surface area (Å²) < 4.78 is 1.00. The molecule has 0 aliphatic carbocycles. The molecule has 6 nitrogen and oxygen atoms in total. The molecule has 4 N–H and O–H groups in total. The van der Waals surface area contributed by atoms with E-state index in [2.05, 4.69) is 29.5 Å². The molecule has 2 aromatic carbocycles. The van der Waals surface area contributed by atoms with Gasteiger partial charge in [-0.1, -0.05) is 44.2 Å². The van der Waals surface area contributed by atoms with Crippen LogP contribution in [0.25, 0.3) is 10.2 Å². The number of nitrogens with two attached hydrogens (primary N) is 1. The molecule has 3 rings (SSSR count). The number of rotatable bonds is 5. The lowest BCUT2D eigenvalue weighted by Gasteiger charge is -2.16. The zero-order valence-corrected chi connectivity index (χ0v) is 15.3. The summed E-state index contributed by atoms with van der Waals surface area (Å²) in [4.78, 5) is 28.6. The van der Waals surface area contributed by atoms with Gasteiger partial charge in [-0.3, -0.25) is 4.79 Å². The first-order valence-electron chi connectivity index (χ1n) is 8.26. The molecule has 3 amide bonds. The quantitative estimate of drug-likeness (QED) is 0.639. The van der Waals surface area contributed by atoms with E-state index in [0.717, 1.165) is 15.2 Å². The molecule has 0 saturated heterocycles. The van der Waals surface area contributed by atoms with E-state index < -0.39 is 18.0 Å². The number of thiazole rings is 1. The first-order valence-corrected chi connectivity index (χ1v) is 9.08. The molecule has 1 unspecified atom stereocenters. The molecule has 0 fully saturated rings. The zero-order valence-electron chi connectivity index (χ0n) is 14.5. The lowest BCUT2D eigenvalue weighted by atomic mass is 10.1. The number of aromatic nitrogens is 1. The van der Waals surface area contributed by atoms with Gasteiger partial charge in [0.2, 0.25) is 5.91 Å². The van der Waals surface area contributed by atoms with Crippen molar-refractivity contribution >= 4 is 39.2 Å². The molecule has 0 radical (unpaired) electrons. The van der Waals surface area contributed by atoms with Crippen LogP contribution in [0.15, 0.2) is 48.5 Å². The zero-order chi connectivity index (χ0) is 18.7. The van der Waals surface area contributed by atoms with Crippen molar-refractivity contribution in [1.82, 2.24) is 10.3 Å². The number of nitrogens with one attached hydrogen (secondary N) is 2. The molecule has 134 valence electrons. The summed E-state index contributed by atoms with van der Waals surface area (Å²) in [6, 6.07) is 13.0. The van der Waals surface area contributed by atoms with Crippen LogP contribution < -0.4 is 16.4 Å². The second-order valence-electron chi connectivity index (χ2n) is 6.23. The molecule has 0 saturated carbocycles. The highest BCUT2D eigenvalue weighted by Crippen LogP contribution is 2.29. The van der Waals surface area contributed by atoms with Gasteiger partial charge in [0.15, 0.2) is 0 Å². The fourth-order valence-electron chi connectivity index (χ4n) is 2.53. The van der Waals surface area contributed by atoms with Gasteiger partial charge < -0.3 is 16.4 Å². The summed E-state index contributed by atoms with van der Waals surface area (Å²) in [5.74, 6) is -0.264. The van der Waals surface area contributed by atoms with E-state index >= 15 is 0 Å². The van der Waals surface area contributed by atoms with Crippen molar-refractivity contribution in [3.05, 3.63) is 59.1 Å². The molecular weight excluding hydrogens is 348 g/mol. The minimum absolute atomic E-state index is 0.356. The van der Waals surface area contributed by atoms with E-state index in [1.54, 1.807) is 41.7 Å². The summed E-state index contributed by atoms with van der Waals surface area (Å²) in [7, 11) is 0. The molecule has 0 aliphatic heterocycles. The topological polar surface area (TPSA) is 97.1 Å². The Morgan fingerprint density at radius 1 is 1.12 bits per heavy atom. The lowest BCUT2D eigenvalue weighted by molar-refractivity contribution is -0.119. The van der Waals surface area contributed by atoms with E-state index in [1.165, 1.54) is 0 Å². The third-order valence-corrected chi connectivity index (χ3v) is 5.17. The maximum Gasteiger partial charge on any atom is 0.320 e. The summed E-state index contributed by atoms with van der Waals surface area (Å²) in [5, 5.41) is 6.42. The normalized spacial score (nSPS) is 12.1. The highest BCUT2D eigenvalue weighted by atomic mass is 32.1. The summed E-state index contributed by atoms with van der Waals surface area (Å²) in [6.45, 7) is 4.19. The molecule has 0 bridgehead atoms. The Morgan fingerprint density at radius 2 is 1.85 bits per heavy atom. The minimum atomic E-state index is -0.893. The van der Waals surface area contributed by atoms with Gasteiger partial charge in [0, 0.05) is 11.6 Å². The Morgan fingerprint density at radius 3 is 2.50 bits per heavy atom. The molecule has 1 aromatic heterocycles. The number of anilines is 1. The average Bonchev–Trinajstić information content (AvgIpc) is 3.04. The van der Waals surface area contributed by atoms with Crippen molar-refractivity contribution < 1.29 is 9.59 Å². The molecule has 1 atom stereocenters. The van der Waals surface area contributed by atoms with Gasteiger partial charge in [-0.15, -0.1) is 11.3 Å². The van der Waals surface area contributed by atoms with Crippen molar-refractivity contribution in [3.8, 4) is 0 Å². The number of fused-ring (bicyclic) bond motifs is 1. The molecule has 0 spiro atoms. The Kier molecular flexibility index (Phi) is 5.18. The average molecular weight is 368 g/mol. The fourth-order valence-corrected chi connectivity index (χ4v) is 3.54. The van der Waals surface area contributed by atoms with Gasteiger partial charge in [0.25, 0.3) is 0 Å². The number of amides is 3. The molecule has 1 heterocycles. The van der Waals surface area contributed by atoms with Gasteiger partial charge in [-0.2, -0.15) is 0 Å². The number of urea groups is 1. The maximum atomic E-state index is 12.3. The number of hydrogen-bond donors (Lipinski definition) is 3. The minimum Gasteiger partial charge on any atom is -0.368 e. The highest BCUT2D eigenvalue weighted by Gasteiger charge is 2.20. The van der Waals surface area contributed by atoms with Crippen LogP contribution >= 0.6 is 11.3 Å². The first-order chi connectivity index (χ1) is 12.4. The van der Waals surface area contributed by atoms with Gasteiger partial charge >= 0.3 is 6.03 Å². The van der Waals surface area contributed by atoms with Crippen LogP contribution in [0.5, 0.6) is 0 Å². The van der Waals surface area contributed by atoms with Gasteiger partial charge in [-0.05, 0) is 23.8 Å². The Bertz CT molecular complexity index is 937. The van der Waals surface area contributed by atoms with Crippen molar-refractivity contribution in [1.29, 1.82) is 0 Å². The van der Waals surface area contributed by atoms with Gasteiger partial charge in [0.05, 0.1) is 15.2 Å². The van der Waals surface area contributed by atoms with Crippen LogP contribution in [-0.2, 0) is 4.79 Å². The van der Waals surface area contributed by atoms with E-state index in [-0.39, 0.29) is 0 Å². The molecule has 3 aromatic rings. The summed E-state index contributed by atoms with van der Waals surface area (Å²) in [6.07, 6.45) is 0. The third-order valence-electron chi connectivity index (χ3n) is 3.85. The lowest BCUT2D eigenvalue weighted by Crippen LogP contribution is -2.39. The predicted octanol–water partition coefficient (Wildman–Crippen LogP) is 3.77. The van der Waals surface area contributed by atoms with E-state index in [9.17, 15) is 9.59 Å². The molecule has 7 heteroatoms. The largest absolute Gasteiger partial charge is 0.368 e. The van der Waals surface area contributed by atoms with Crippen LogP contribution in [0, 0.1) is 0 Å². The maximum absolute atomic E-state index is 12.3. The Labute approximate surface area is 155 Å². The van der Waals surface area contributed by atoms with Gasteiger partial charge in [-0.25, -0.2) is 9.78 Å². The molecule has 0 aliphatic rings. The van der Waals surface area contributed by atoms with E-state index in [4.69, 9.17) is 5.73 Å².